The van der Waals surface area contributed by atoms with E-state index in [-0.39, 0.29) is 0 Å². The highest BCUT2D eigenvalue weighted by Gasteiger charge is 1.89. The molecule has 0 saturated carbocycles. The Morgan fingerprint density at radius 1 is 1.33 bits per heavy atom. The molecule has 12 heavy (non-hydrogen) atoms. The van der Waals surface area contributed by atoms with Crippen LogP contribution in [0.5, 0.6) is 0 Å². The van der Waals surface area contributed by atoms with Crippen molar-refractivity contribution in [2.45, 2.75) is 40.5 Å². The minimum atomic E-state index is 1.06. The molecule has 0 aliphatic rings. The lowest BCUT2D eigenvalue weighted by molar-refractivity contribution is 0.985. The van der Waals surface area contributed by atoms with Gasteiger partial charge in [0.25, 0.3) is 0 Å². The Labute approximate surface area is 75.9 Å². The van der Waals surface area contributed by atoms with Gasteiger partial charge in [-0.05, 0) is 33.3 Å². The van der Waals surface area contributed by atoms with Gasteiger partial charge in [-0.15, -0.1) is 0 Å². The second kappa shape index (κ2) is 6.84. The van der Waals surface area contributed by atoms with Gasteiger partial charge in [-0.3, -0.25) is 4.99 Å². The summed E-state index contributed by atoms with van der Waals surface area (Å²) in [5.41, 5.74) is 2.27. The smallest absolute Gasteiger partial charge is 0.0582 e. The van der Waals surface area contributed by atoms with Crippen molar-refractivity contribution >= 4 is 5.71 Å². The SMILES string of the molecule is C/C=C\C(=C\C)N=C(C)CCC. The van der Waals surface area contributed by atoms with E-state index in [1.54, 1.807) is 0 Å². The van der Waals surface area contributed by atoms with Gasteiger partial charge >= 0.3 is 0 Å². The lowest BCUT2D eigenvalue weighted by Gasteiger charge is -1.97. The normalized spacial score (nSPS) is 14.3. The number of nitrogens with zero attached hydrogens (tertiary/aromatic N) is 1. The van der Waals surface area contributed by atoms with E-state index in [0.717, 1.165) is 12.1 Å². The molecule has 0 aliphatic carbocycles. The van der Waals surface area contributed by atoms with Gasteiger partial charge in [-0.25, -0.2) is 0 Å². The molecule has 0 fully saturated rings. The number of aliphatic imine (C=N–C) groups is 1. The predicted molar refractivity (Wildman–Crippen MR) is 56.6 cm³/mol. The van der Waals surface area contributed by atoms with E-state index in [4.69, 9.17) is 0 Å². The number of rotatable bonds is 4. The highest BCUT2D eigenvalue weighted by molar-refractivity contribution is 5.83. The van der Waals surface area contributed by atoms with Crippen molar-refractivity contribution < 1.29 is 0 Å². The summed E-state index contributed by atoms with van der Waals surface area (Å²) in [6, 6.07) is 0. The van der Waals surface area contributed by atoms with Crippen LogP contribution in [0.3, 0.4) is 0 Å². The van der Waals surface area contributed by atoms with E-state index in [9.17, 15) is 0 Å². The van der Waals surface area contributed by atoms with Crippen molar-refractivity contribution in [3.63, 3.8) is 0 Å². The maximum absolute atomic E-state index is 4.47. The van der Waals surface area contributed by atoms with Crippen LogP contribution < -0.4 is 0 Å². The van der Waals surface area contributed by atoms with Crippen LogP contribution in [0.25, 0.3) is 0 Å². The lowest BCUT2D eigenvalue weighted by Crippen LogP contribution is -1.90. The molecule has 68 valence electrons. The fourth-order valence-corrected chi connectivity index (χ4v) is 1.01. The van der Waals surface area contributed by atoms with Crippen LogP contribution in [0.15, 0.2) is 28.9 Å². The fraction of sp³-hybridized carbons (Fsp3) is 0.545. The Balaban J connectivity index is 4.26. The summed E-state index contributed by atoms with van der Waals surface area (Å²) in [4.78, 5) is 4.47. The Morgan fingerprint density at radius 3 is 2.42 bits per heavy atom. The largest absolute Gasteiger partial charge is 0.259 e. The van der Waals surface area contributed by atoms with Crippen molar-refractivity contribution in [2.24, 2.45) is 4.99 Å². The van der Waals surface area contributed by atoms with Crippen LogP contribution in [-0.4, -0.2) is 5.71 Å². The third-order valence-electron chi connectivity index (χ3n) is 1.56. The zero-order valence-corrected chi connectivity index (χ0v) is 8.59. The van der Waals surface area contributed by atoms with Crippen LogP contribution in [0.4, 0.5) is 0 Å². The van der Waals surface area contributed by atoms with Crippen LogP contribution in [-0.2, 0) is 0 Å². The molecule has 0 aromatic heterocycles. The van der Waals surface area contributed by atoms with Gasteiger partial charge in [0.05, 0.1) is 5.70 Å². The summed E-state index contributed by atoms with van der Waals surface area (Å²) in [6.07, 6.45) is 8.33. The first kappa shape index (κ1) is 11.2. The first-order valence-corrected chi connectivity index (χ1v) is 4.57. The topological polar surface area (TPSA) is 12.4 Å². The summed E-state index contributed by atoms with van der Waals surface area (Å²) in [6.45, 7) is 8.27. The van der Waals surface area contributed by atoms with Crippen molar-refractivity contribution in [1.82, 2.24) is 0 Å². The van der Waals surface area contributed by atoms with Gasteiger partial charge in [0, 0.05) is 5.71 Å². The molecule has 0 N–H and O–H groups in total. The van der Waals surface area contributed by atoms with Gasteiger partial charge < -0.3 is 0 Å². The quantitative estimate of drug-likeness (QED) is 0.444. The average Bonchev–Trinajstić information content (AvgIpc) is 2.04. The van der Waals surface area contributed by atoms with E-state index in [2.05, 4.69) is 18.8 Å². The maximum atomic E-state index is 4.47. The van der Waals surface area contributed by atoms with Gasteiger partial charge in [-0.2, -0.15) is 0 Å². The van der Waals surface area contributed by atoms with Gasteiger partial charge in [0.2, 0.25) is 0 Å². The van der Waals surface area contributed by atoms with E-state index >= 15 is 0 Å². The molecule has 0 heterocycles. The second-order valence-electron chi connectivity index (χ2n) is 2.81. The predicted octanol–water partition coefficient (Wildman–Crippen LogP) is 3.73. The second-order valence-corrected chi connectivity index (χ2v) is 2.81. The molecule has 0 atom stereocenters. The Bertz CT molecular complexity index is 197. The molecular weight excluding hydrogens is 146 g/mol. The molecule has 0 aromatic carbocycles. The Morgan fingerprint density at radius 2 is 2.00 bits per heavy atom. The van der Waals surface area contributed by atoms with Crippen LogP contribution in [0.1, 0.15) is 40.5 Å². The highest BCUT2D eigenvalue weighted by Crippen LogP contribution is 2.02. The molecule has 1 nitrogen and oxygen atoms in total. The summed E-state index contributed by atoms with van der Waals surface area (Å²) in [5.74, 6) is 0. The number of allylic oxidation sites excluding steroid dienone is 3. The van der Waals surface area contributed by atoms with E-state index in [0.29, 0.717) is 0 Å². The molecule has 0 unspecified atom stereocenters. The molecule has 0 aromatic rings. The summed E-state index contributed by atoms with van der Waals surface area (Å²) in [5, 5.41) is 0. The van der Waals surface area contributed by atoms with Crippen LogP contribution >= 0.6 is 0 Å². The minimum absolute atomic E-state index is 1.06. The van der Waals surface area contributed by atoms with Gasteiger partial charge in [0.15, 0.2) is 0 Å². The van der Waals surface area contributed by atoms with Crippen molar-refractivity contribution in [3.8, 4) is 0 Å². The van der Waals surface area contributed by atoms with Crippen molar-refractivity contribution in [2.75, 3.05) is 0 Å². The Kier molecular flexibility index (Phi) is 6.35. The van der Waals surface area contributed by atoms with Crippen LogP contribution in [0, 0.1) is 0 Å². The number of hydrogen-bond acceptors (Lipinski definition) is 1. The van der Waals surface area contributed by atoms with Crippen molar-refractivity contribution in [1.29, 1.82) is 0 Å². The zero-order chi connectivity index (χ0) is 9.40. The summed E-state index contributed by atoms with van der Waals surface area (Å²) in [7, 11) is 0. The highest BCUT2D eigenvalue weighted by atomic mass is 14.7. The molecule has 0 amide bonds. The van der Waals surface area contributed by atoms with Gasteiger partial charge in [-0.1, -0.05) is 25.5 Å². The molecule has 0 aliphatic heterocycles. The molecule has 0 radical (unpaired) electrons. The molecular formula is C11H19N. The summed E-state index contributed by atoms with van der Waals surface area (Å²) < 4.78 is 0. The first-order valence-electron chi connectivity index (χ1n) is 4.57. The van der Waals surface area contributed by atoms with Crippen molar-refractivity contribution in [3.05, 3.63) is 23.9 Å². The van der Waals surface area contributed by atoms with Gasteiger partial charge in [0.1, 0.15) is 0 Å². The molecule has 1 heteroatoms. The maximum Gasteiger partial charge on any atom is 0.0582 e. The molecule has 0 spiro atoms. The third-order valence-corrected chi connectivity index (χ3v) is 1.56. The molecule has 0 saturated heterocycles. The first-order chi connectivity index (χ1) is 5.74. The van der Waals surface area contributed by atoms with E-state index in [1.807, 2.05) is 32.1 Å². The standard InChI is InChI=1S/C11H19N/c1-5-8-10(4)12-11(7-3)9-6-2/h6-7,9H,5,8H2,1-4H3/b9-6-,11-7-,12-10?. The number of hydrogen-bond donors (Lipinski definition) is 0. The molecule has 0 rings (SSSR count). The zero-order valence-electron chi connectivity index (χ0n) is 8.59. The Hall–Kier alpha value is -0.850. The molecule has 0 bridgehead atoms. The monoisotopic (exact) mass is 165 g/mol. The fourth-order valence-electron chi connectivity index (χ4n) is 1.01. The summed E-state index contributed by atoms with van der Waals surface area (Å²) >= 11 is 0. The average molecular weight is 165 g/mol. The van der Waals surface area contributed by atoms with E-state index < -0.39 is 0 Å². The minimum Gasteiger partial charge on any atom is -0.259 e. The lowest BCUT2D eigenvalue weighted by atomic mass is 10.2. The van der Waals surface area contributed by atoms with Crippen LogP contribution in [0.2, 0.25) is 0 Å². The third kappa shape index (κ3) is 4.89. The van der Waals surface area contributed by atoms with E-state index in [1.165, 1.54) is 12.1 Å².